The number of hydrogen-bond donors (Lipinski definition) is 0. The number of ether oxygens (including phenoxy) is 1. The van der Waals surface area contributed by atoms with E-state index in [9.17, 15) is 4.79 Å². The summed E-state index contributed by atoms with van der Waals surface area (Å²) in [6.45, 7) is 2.41. The lowest BCUT2D eigenvalue weighted by Gasteiger charge is -2.13. The molecule has 22 heavy (non-hydrogen) atoms. The van der Waals surface area contributed by atoms with E-state index in [1.165, 1.54) is 0 Å². The standard InChI is InChI=1S/C16H15N3O2S/c1-3-18-15(22)13-5-4-10-17-14(13)19(16(18)20)11-6-8-12(21-2)9-7-11/h4-10H,3H2,1-2H3. The summed E-state index contributed by atoms with van der Waals surface area (Å²) in [5.74, 6) is 0.734. The Hall–Kier alpha value is -2.47. The van der Waals surface area contributed by atoms with Crippen molar-refractivity contribution in [2.75, 3.05) is 7.11 Å². The molecule has 2 heterocycles. The molecule has 0 radical (unpaired) electrons. The van der Waals surface area contributed by atoms with E-state index in [2.05, 4.69) is 4.98 Å². The fourth-order valence-electron chi connectivity index (χ4n) is 2.43. The molecule has 0 aliphatic carbocycles. The molecule has 1 aromatic carbocycles. The number of methoxy groups -OCH3 is 1. The number of benzene rings is 1. The van der Waals surface area contributed by atoms with Crippen LogP contribution in [0.25, 0.3) is 16.7 Å². The molecule has 112 valence electrons. The van der Waals surface area contributed by atoms with Gasteiger partial charge in [-0.2, -0.15) is 0 Å². The van der Waals surface area contributed by atoms with Crippen LogP contribution < -0.4 is 10.4 Å². The fourth-order valence-corrected chi connectivity index (χ4v) is 2.80. The maximum Gasteiger partial charge on any atom is 0.335 e. The first-order valence-corrected chi connectivity index (χ1v) is 7.33. The third-order valence-corrected chi connectivity index (χ3v) is 3.98. The normalized spacial score (nSPS) is 10.8. The SMILES string of the molecule is CCn1c(=S)c2cccnc2n(-c2ccc(OC)cc2)c1=O. The molecule has 6 heteroatoms. The third-order valence-electron chi connectivity index (χ3n) is 3.54. The van der Waals surface area contributed by atoms with Crippen molar-refractivity contribution in [3.63, 3.8) is 0 Å². The zero-order valence-corrected chi connectivity index (χ0v) is 13.1. The summed E-state index contributed by atoms with van der Waals surface area (Å²) in [6, 6.07) is 11.0. The predicted molar refractivity (Wildman–Crippen MR) is 88.4 cm³/mol. The molecule has 3 aromatic rings. The molecule has 0 N–H and O–H groups in total. The van der Waals surface area contributed by atoms with Gasteiger partial charge in [-0.25, -0.2) is 14.3 Å². The Bertz CT molecular complexity index is 942. The van der Waals surface area contributed by atoms with Crippen LogP contribution >= 0.6 is 12.2 Å². The van der Waals surface area contributed by atoms with Crippen LogP contribution in [0.2, 0.25) is 0 Å². The summed E-state index contributed by atoms with van der Waals surface area (Å²) in [5, 5.41) is 0.787. The number of rotatable bonds is 3. The number of nitrogens with zero attached hydrogens (tertiary/aromatic N) is 3. The Balaban J connectivity index is 2.41. The van der Waals surface area contributed by atoms with E-state index in [0.29, 0.717) is 16.8 Å². The lowest BCUT2D eigenvalue weighted by Crippen LogP contribution is -2.30. The van der Waals surface area contributed by atoms with Crippen LogP contribution in [0, 0.1) is 4.64 Å². The molecule has 0 aliphatic rings. The van der Waals surface area contributed by atoms with E-state index in [0.717, 1.165) is 16.8 Å². The van der Waals surface area contributed by atoms with Crippen molar-refractivity contribution in [1.82, 2.24) is 14.1 Å². The minimum atomic E-state index is -0.191. The Kier molecular flexibility index (Phi) is 3.77. The number of hydrogen-bond acceptors (Lipinski definition) is 4. The molecule has 0 fully saturated rings. The first kappa shape index (κ1) is 14.5. The van der Waals surface area contributed by atoms with Crippen molar-refractivity contribution < 1.29 is 4.74 Å². The monoisotopic (exact) mass is 313 g/mol. The molecule has 0 unspecified atom stereocenters. The van der Waals surface area contributed by atoms with Gasteiger partial charge in [-0.05, 0) is 43.3 Å². The second-order valence-corrected chi connectivity index (χ2v) is 5.13. The molecule has 0 saturated heterocycles. The first-order chi connectivity index (χ1) is 10.7. The van der Waals surface area contributed by atoms with Gasteiger partial charge in [0.2, 0.25) is 0 Å². The summed E-state index contributed by atoms with van der Waals surface area (Å²) < 4.78 is 8.83. The fraction of sp³-hybridized carbons (Fsp3) is 0.188. The molecule has 0 bridgehead atoms. The lowest BCUT2D eigenvalue weighted by atomic mass is 10.2. The van der Waals surface area contributed by atoms with Crippen LogP contribution in [-0.2, 0) is 6.54 Å². The van der Waals surface area contributed by atoms with Crippen molar-refractivity contribution in [2.24, 2.45) is 0 Å². The van der Waals surface area contributed by atoms with Gasteiger partial charge in [-0.3, -0.25) is 4.57 Å². The van der Waals surface area contributed by atoms with Gasteiger partial charge in [0, 0.05) is 12.7 Å². The highest BCUT2D eigenvalue weighted by molar-refractivity contribution is 7.71. The highest BCUT2D eigenvalue weighted by Crippen LogP contribution is 2.18. The predicted octanol–water partition coefficient (Wildman–Crippen LogP) is 2.95. The molecule has 0 spiro atoms. The Labute approximate surface area is 132 Å². The Morgan fingerprint density at radius 2 is 1.95 bits per heavy atom. The highest BCUT2D eigenvalue weighted by atomic mass is 32.1. The summed E-state index contributed by atoms with van der Waals surface area (Å²) in [4.78, 5) is 17.1. The smallest absolute Gasteiger partial charge is 0.335 e. The zero-order chi connectivity index (χ0) is 15.7. The second kappa shape index (κ2) is 5.73. The largest absolute Gasteiger partial charge is 0.497 e. The van der Waals surface area contributed by atoms with Gasteiger partial charge in [0.05, 0.1) is 18.2 Å². The minimum Gasteiger partial charge on any atom is -0.497 e. The molecule has 3 rings (SSSR count). The molecule has 0 saturated carbocycles. The van der Waals surface area contributed by atoms with Crippen molar-refractivity contribution >= 4 is 23.3 Å². The van der Waals surface area contributed by atoms with Gasteiger partial charge >= 0.3 is 5.69 Å². The van der Waals surface area contributed by atoms with Crippen LogP contribution in [0.4, 0.5) is 0 Å². The van der Waals surface area contributed by atoms with E-state index in [4.69, 9.17) is 17.0 Å². The molecular formula is C16H15N3O2S. The van der Waals surface area contributed by atoms with Crippen LogP contribution in [0.5, 0.6) is 5.75 Å². The number of pyridine rings is 1. The van der Waals surface area contributed by atoms with E-state index < -0.39 is 0 Å². The summed E-state index contributed by atoms with van der Waals surface area (Å²) in [7, 11) is 1.61. The van der Waals surface area contributed by atoms with Gasteiger partial charge in [0.1, 0.15) is 10.4 Å². The van der Waals surface area contributed by atoms with Crippen LogP contribution in [0.3, 0.4) is 0 Å². The number of aromatic nitrogens is 3. The molecule has 0 amide bonds. The van der Waals surface area contributed by atoms with Gasteiger partial charge in [-0.1, -0.05) is 12.2 Å². The van der Waals surface area contributed by atoms with Crippen LogP contribution in [0.15, 0.2) is 47.4 Å². The average Bonchev–Trinajstić information content (AvgIpc) is 2.56. The highest BCUT2D eigenvalue weighted by Gasteiger charge is 2.12. The average molecular weight is 313 g/mol. The molecule has 5 nitrogen and oxygen atoms in total. The Morgan fingerprint density at radius 1 is 1.23 bits per heavy atom. The summed E-state index contributed by atoms with van der Waals surface area (Å²) >= 11 is 5.42. The van der Waals surface area contributed by atoms with Crippen LogP contribution in [0.1, 0.15) is 6.92 Å². The van der Waals surface area contributed by atoms with E-state index >= 15 is 0 Å². The van der Waals surface area contributed by atoms with Gasteiger partial charge in [0.25, 0.3) is 0 Å². The zero-order valence-electron chi connectivity index (χ0n) is 12.3. The van der Waals surface area contributed by atoms with E-state index in [-0.39, 0.29) is 5.69 Å². The number of fused-ring (bicyclic) bond motifs is 1. The molecular weight excluding hydrogens is 298 g/mol. The van der Waals surface area contributed by atoms with Gasteiger partial charge < -0.3 is 4.74 Å². The first-order valence-electron chi connectivity index (χ1n) is 6.92. The molecule has 0 atom stereocenters. The van der Waals surface area contributed by atoms with Crippen molar-refractivity contribution in [3.05, 3.63) is 57.7 Å². The quantitative estimate of drug-likeness (QED) is 0.698. The van der Waals surface area contributed by atoms with Crippen LogP contribution in [-0.4, -0.2) is 21.2 Å². The molecule has 0 aliphatic heterocycles. The van der Waals surface area contributed by atoms with Crippen molar-refractivity contribution in [1.29, 1.82) is 0 Å². The van der Waals surface area contributed by atoms with E-state index in [1.807, 2.05) is 43.3 Å². The van der Waals surface area contributed by atoms with Crippen molar-refractivity contribution in [2.45, 2.75) is 13.5 Å². The van der Waals surface area contributed by atoms with E-state index in [1.54, 1.807) is 22.4 Å². The summed E-state index contributed by atoms with van der Waals surface area (Å²) in [6.07, 6.45) is 1.66. The minimum absolute atomic E-state index is 0.191. The second-order valence-electron chi connectivity index (χ2n) is 4.74. The molecule has 2 aromatic heterocycles. The van der Waals surface area contributed by atoms with Gasteiger partial charge in [0.15, 0.2) is 5.65 Å². The summed E-state index contributed by atoms with van der Waals surface area (Å²) in [5.41, 5.74) is 1.10. The van der Waals surface area contributed by atoms with Gasteiger partial charge in [-0.15, -0.1) is 0 Å². The maximum atomic E-state index is 12.8. The van der Waals surface area contributed by atoms with Crippen molar-refractivity contribution in [3.8, 4) is 11.4 Å². The lowest BCUT2D eigenvalue weighted by molar-refractivity contribution is 0.414. The Morgan fingerprint density at radius 3 is 2.59 bits per heavy atom. The maximum absolute atomic E-state index is 12.8. The third kappa shape index (κ3) is 2.21. The topological polar surface area (TPSA) is 49.0 Å².